The van der Waals surface area contributed by atoms with Crippen LogP contribution in [0.25, 0.3) is 0 Å². The predicted molar refractivity (Wildman–Crippen MR) is 94.9 cm³/mol. The molecule has 5 nitrogen and oxygen atoms in total. The number of aliphatic hydroxyl groups is 2. The Kier molecular flexibility index (Phi) is 8.21. The van der Waals surface area contributed by atoms with Gasteiger partial charge in [0.2, 0.25) is 0 Å². The average Bonchev–Trinajstić information content (AvgIpc) is 3.06. The first kappa shape index (κ1) is 20.2. The van der Waals surface area contributed by atoms with E-state index in [1.807, 2.05) is 0 Å². The minimum absolute atomic E-state index is 0.0519. The van der Waals surface area contributed by atoms with Crippen molar-refractivity contribution in [3.8, 4) is 11.8 Å². The number of ether oxygens (including phenoxy) is 1. The van der Waals surface area contributed by atoms with Crippen LogP contribution < -0.4 is 0 Å². The summed E-state index contributed by atoms with van der Waals surface area (Å²) in [6, 6.07) is 0. The average molecular weight is 352 g/mol. The van der Waals surface area contributed by atoms with Gasteiger partial charge in [0.1, 0.15) is 6.10 Å². The van der Waals surface area contributed by atoms with E-state index >= 15 is 0 Å². The highest BCUT2D eigenvalue weighted by atomic mass is 16.5. The van der Waals surface area contributed by atoms with Gasteiger partial charge >= 0.3 is 5.97 Å². The van der Waals surface area contributed by atoms with Crippen LogP contribution in [-0.2, 0) is 9.53 Å². The van der Waals surface area contributed by atoms with Crippen molar-refractivity contribution in [2.45, 2.75) is 95.5 Å². The van der Waals surface area contributed by atoms with Gasteiger partial charge in [-0.25, -0.2) is 0 Å². The fourth-order valence-corrected chi connectivity index (χ4v) is 4.03. The van der Waals surface area contributed by atoms with Crippen LogP contribution in [0.15, 0.2) is 0 Å². The Morgan fingerprint density at radius 1 is 1.24 bits per heavy atom. The van der Waals surface area contributed by atoms with Crippen LogP contribution in [0.1, 0.15) is 71.1 Å². The Balaban J connectivity index is 1.78. The van der Waals surface area contributed by atoms with E-state index in [1.54, 1.807) is 0 Å². The van der Waals surface area contributed by atoms with Crippen molar-refractivity contribution >= 4 is 5.97 Å². The number of hydrogen-bond donors (Lipinski definition) is 3. The molecule has 25 heavy (non-hydrogen) atoms. The molecule has 1 aliphatic heterocycles. The minimum atomic E-state index is -0.750. The third-order valence-electron chi connectivity index (χ3n) is 5.39. The second-order valence-corrected chi connectivity index (χ2v) is 7.46. The highest BCUT2D eigenvalue weighted by molar-refractivity contribution is 5.66. The molecule has 2 fully saturated rings. The van der Waals surface area contributed by atoms with Crippen molar-refractivity contribution in [2.24, 2.45) is 11.8 Å². The van der Waals surface area contributed by atoms with Gasteiger partial charge in [-0.15, -0.1) is 0 Å². The molecule has 0 unspecified atom stereocenters. The van der Waals surface area contributed by atoms with Crippen LogP contribution in [0.4, 0.5) is 0 Å². The lowest BCUT2D eigenvalue weighted by Gasteiger charge is -2.16. The molecule has 1 heterocycles. The molecule has 0 amide bonds. The van der Waals surface area contributed by atoms with Crippen molar-refractivity contribution in [3.05, 3.63) is 0 Å². The molecular weight excluding hydrogens is 320 g/mol. The molecule has 1 aliphatic carbocycles. The van der Waals surface area contributed by atoms with Gasteiger partial charge in [-0.2, -0.15) is 0 Å². The Morgan fingerprint density at radius 2 is 2.04 bits per heavy atom. The van der Waals surface area contributed by atoms with Crippen LogP contribution in [0.2, 0.25) is 0 Å². The molecule has 0 spiro atoms. The fraction of sp³-hybridized carbons (Fsp3) is 0.850. The standard InChI is InChI=1S/C20H32O5/c1-2-3-4-7-14(21)10-11-16-17-12-15(8-5-6-9-20(23)24)25-19(17)13-18(16)22/h14-19,21-22H,2-9,12-13H2,1H3,(H,23,24)/t14-,15-,16-,17+,18+,19-/m0/s1. The second-order valence-electron chi connectivity index (χ2n) is 7.46. The molecule has 5 heteroatoms. The largest absolute Gasteiger partial charge is 0.481 e. The third kappa shape index (κ3) is 6.29. The Bertz CT molecular complexity index is 480. The third-order valence-corrected chi connectivity index (χ3v) is 5.39. The van der Waals surface area contributed by atoms with Crippen molar-refractivity contribution < 1.29 is 24.9 Å². The predicted octanol–water partition coefficient (Wildman–Crippen LogP) is 2.73. The summed E-state index contributed by atoms with van der Waals surface area (Å²) in [4.78, 5) is 10.5. The van der Waals surface area contributed by atoms with Crippen LogP contribution in [0.3, 0.4) is 0 Å². The fourth-order valence-electron chi connectivity index (χ4n) is 4.03. The lowest BCUT2D eigenvalue weighted by atomic mass is 9.90. The molecule has 2 rings (SSSR count). The Hall–Kier alpha value is -1.09. The molecule has 3 N–H and O–H groups in total. The van der Waals surface area contributed by atoms with Crippen LogP contribution in [-0.4, -0.2) is 45.7 Å². The topological polar surface area (TPSA) is 87.0 Å². The van der Waals surface area contributed by atoms with E-state index in [9.17, 15) is 15.0 Å². The molecule has 142 valence electrons. The molecule has 6 atom stereocenters. The summed E-state index contributed by atoms with van der Waals surface area (Å²) in [6.07, 6.45) is 7.12. The zero-order chi connectivity index (χ0) is 18.2. The van der Waals surface area contributed by atoms with Gasteiger partial charge in [-0.3, -0.25) is 4.79 Å². The zero-order valence-corrected chi connectivity index (χ0v) is 15.2. The van der Waals surface area contributed by atoms with E-state index < -0.39 is 18.2 Å². The quantitative estimate of drug-likeness (QED) is 0.439. The zero-order valence-electron chi connectivity index (χ0n) is 15.2. The van der Waals surface area contributed by atoms with Crippen molar-refractivity contribution in [1.82, 2.24) is 0 Å². The highest BCUT2D eigenvalue weighted by Gasteiger charge is 2.48. The first-order valence-corrected chi connectivity index (χ1v) is 9.75. The maximum atomic E-state index is 10.5. The molecule has 0 aromatic heterocycles. The van der Waals surface area contributed by atoms with Gasteiger partial charge < -0.3 is 20.1 Å². The number of unbranched alkanes of at least 4 members (excludes halogenated alkanes) is 3. The molecule has 0 bridgehead atoms. The van der Waals surface area contributed by atoms with E-state index in [2.05, 4.69) is 18.8 Å². The van der Waals surface area contributed by atoms with Gasteiger partial charge in [0, 0.05) is 18.8 Å². The lowest BCUT2D eigenvalue weighted by Crippen LogP contribution is -2.19. The van der Waals surface area contributed by atoms with Gasteiger partial charge in [0.25, 0.3) is 0 Å². The van der Waals surface area contributed by atoms with Crippen molar-refractivity contribution in [1.29, 1.82) is 0 Å². The monoisotopic (exact) mass is 352 g/mol. The highest BCUT2D eigenvalue weighted by Crippen LogP contribution is 2.44. The summed E-state index contributed by atoms with van der Waals surface area (Å²) < 4.78 is 6.04. The maximum absolute atomic E-state index is 10.5. The van der Waals surface area contributed by atoms with Crippen molar-refractivity contribution in [3.63, 3.8) is 0 Å². The molecular formula is C20H32O5. The first-order chi connectivity index (χ1) is 12.0. The number of carboxylic acid groups (broad SMARTS) is 1. The number of fused-ring (bicyclic) bond motifs is 1. The lowest BCUT2D eigenvalue weighted by molar-refractivity contribution is -0.137. The van der Waals surface area contributed by atoms with Gasteiger partial charge in [0.05, 0.1) is 24.2 Å². The summed E-state index contributed by atoms with van der Waals surface area (Å²) in [7, 11) is 0. The molecule has 2 aliphatic rings. The van der Waals surface area contributed by atoms with Crippen LogP contribution in [0.5, 0.6) is 0 Å². The summed E-state index contributed by atoms with van der Waals surface area (Å²) >= 11 is 0. The number of hydrogen-bond acceptors (Lipinski definition) is 4. The smallest absolute Gasteiger partial charge is 0.303 e. The molecule has 0 aromatic rings. The number of aliphatic hydroxyl groups excluding tert-OH is 2. The van der Waals surface area contributed by atoms with Crippen LogP contribution in [0, 0.1) is 23.7 Å². The number of rotatable bonds is 9. The molecule has 0 aromatic carbocycles. The van der Waals surface area contributed by atoms with E-state index in [1.165, 1.54) is 0 Å². The summed E-state index contributed by atoms with van der Waals surface area (Å²) in [6.45, 7) is 2.13. The summed E-state index contributed by atoms with van der Waals surface area (Å²) in [5.41, 5.74) is 0. The number of aliphatic carboxylic acids is 1. The Morgan fingerprint density at radius 3 is 2.76 bits per heavy atom. The summed E-state index contributed by atoms with van der Waals surface area (Å²) in [5.74, 6) is 5.42. The molecule has 1 saturated carbocycles. The maximum Gasteiger partial charge on any atom is 0.303 e. The van der Waals surface area contributed by atoms with E-state index in [0.29, 0.717) is 19.3 Å². The minimum Gasteiger partial charge on any atom is -0.481 e. The van der Waals surface area contributed by atoms with Gasteiger partial charge in [-0.05, 0) is 32.1 Å². The van der Waals surface area contributed by atoms with Gasteiger partial charge in [0.15, 0.2) is 0 Å². The van der Waals surface area contributed by atoms with E-state index in [0.717, 1.165) is 38.5 Å². The molecule has 1 saturated heterocycles. The van der Waals surface area contributed by atoms with E-state index in [-0.39, 0.29) is 30.5 Å². The number of carbonyl (C=O) groups is 1. The van der Waals surface area contributed by atoms with Crippen molar-refractivity contribution in [2.75, 3.05) is 0 Å². The Labute approximate surface area is 150 Å². The van der Waals surface area contributed by atoms with Crippen LogP contribution >= 0.6 is 0 Å². The molecule has 0 radical (unpaired) electrons. The SMILES string of the molecule is CCCCC[C@H](O)C#C[C@H]1[C@H]2C[C@H](CCCCC(=O)O)O[C@H]2C[C@H]1O. The first-order valence-electron chi connectivity index (χ1n) is 9.75. The van der Waals surface area contributed by atoms with Gasteiger partial charge in [-0.1, -0.05) is 38.0 Å². The second kappa shape index (κ2) is 10.2. The normalized spacial score (nSPS) is 32.0. The van der Waals surface area contributed by atoms with E-state index in [4.69, 9.17) is 9.84 Å². The number of carboxylic acids is 1. The summed E-state index contributed by atoms with van der Waals surface area (Å²) in [5, 5.41) is 28.9.